The topological polar surface area (TPSA) is 68.2 Å². The minimum atomic E-state index is -0.955. The van der Waals surface area contributed by atoms with Crippen molar-refractivity contribution in [3.63, 3.8) is 0 Å². The highest BCUT2D eigenvalue weighted by Gasteiger charge is 2.53. The van der Waals surface area contributed by atoms with Crippen molar-refractivity contribution < 1.29 is 24.1 Å². The fourth-order valence-electron chi connectivity index (χ4n) is 4.18. The lowest BCUT2D eigenvalue weighted by molar-refractivity contribution is -0.255. The summed E-state index contributed by atoms with van der Waals surface area (Å²) in [5.74, 6) is -0.677. The fourth-order valence-corrected chi connectivity index (χ4v) is 4.36. The number of benzene rings is 1. The first-order valence-electron chi connectivity index (χ1n) is 8.22. The van der Waals surface area contributed by atoms with Gasteiger partial charge in [0.1, 0.15) is 11.9 Å². The van der Waals surface area contributed by atoms with E-state index in [0.717, 1.165) is 18.4 Å². The summed E-state index contributed by atoms with van der Waals surface area (Å²) in [4.78, 5) is 13.8. The maximum Gasteiger partial charge on any atom is 0.415 e. The number of halogens is 1. The first-order valence-corrected chi connectivity index (χ1v) is 8.60. The second-order valence-corrected chi connectivity index (χ2v) is 7.05. The molecule has 0 aromatic heterocycles. The largest absolute Gasteiger partial charge is 0.415 e. The Morgan fingerprint density at radius 3 is 2.83 bits per heavy atom. The summed E-state index contributed by atoms with van der Waals surface area (Å²) in [6, 6.07) is 4.86. The Hall–Kier alpha value is -1.34. The number of nitrogens with zero attached hydrogens (tertiary/aromatic N) is 1. The van der Waals surface area contributed by atoms with Crippen LogP contribution in [-0.2, 0) is 9.47 Å². The predicted molar refractivity (Wildman–Crippen MR) is 86.0 cm³/mol. The summed E-state index contributed by atoms with van der Waals surface area (Å²) < 4.78 is 16.9. The summed E-state index contributed by atoms with van der Waals surface area (Å²) in [5, 5.41) is 11.6. The smallest absolute Gasteiger partial charge is 0.410 e. The Kier molecular flexibility index (Phi) is 3.95. The van der Waals surface area contributed by atoms with Crippen LogP contribution in [0.3, 0.4) is 0 Å². The summed E-state index contributed by atoms with van der Waals surface area (Å²) in [6.45, 7) is 0.962. The molecule has 3 unspecified atom stereocenters. The van der Waals surface area contributed by atoms with E-state index in [-0.39, 0.29) is 12.0 Å². The van der Waals surface area contributed by atoms with E-state index in [9.17, 15) is 9.90 Å². The molecule has 1 amide bonds. The quantitative estimate of drug-likeness (QED) is 0.840. The third-order valence-electron chi connectivity index (χ3n) is 5.29. The molecule has 130 valence electrons. The van der Waals surface area contributed by atoms with Crippen molar-refractivity contribution in [2.75, 3.05) is 20.3 Å². The van der Waals surface area contributed by atoms with Crippen LogP contribution in [-0.4, -0.2) is 48.3 Å². The number of amides is 1. The number of ether oxygens (including phenoxy) is 3. The van der Waals surface area contributed by atoms with Crippen LogP contribution in [0.15, 0.2) is 18.2 Å². The molecule has 2 fully saturated rings. The average molecular weight is 354 g/mol. The standard InChI is InChI=1S/C17H20ClNO5/c1-19-14(12-9-10(18)4-5-13(12)24-16(19)21)11-3-2-6-17(15(11)20)22-7-8-23-17/h4-5,9,11,14-15,20H,2-3,6-8H2,1H3. The van der Waals surface area contributed by atoms with E-state index in [2.05, 4.69) is 0 Å². The third-order valence-corrected chi connectivity index (χ3v) is 5.53. The molecule has 0 bridgehead atoms. The molecule has 0 radical (unpaired) electrons. The highest BCUT2D eigenvalue weighted by atomic mass is 35.5. The van der Waals surface area contributed by atoms with Crippen molar-refractivity contribution in [3.05, 3.63) is 28.8 Å². The Bertz CT molecular complexity index is 660. The molecule has 1 spiro atoms. The maximum atomic E-state index is 12.2. The zero-order valence-electron chi connectivity index (χ0n) is 13.4. The molecule has 1 aromatic carbocycles. The lowest BCUT2D eigenvalue weighted by atomic mass is 9.75. The summed E-state index contributed by atoms with van der Waals surface area (Å²) >= 11 is 6.15. The Labute approximate surface area is 145 Å². The normalized spacial score (nSPS) is 31.9. The third kappa shape index (κ3) is 2.40. The summed E-state index contributed by atoms with van der Waals surface area (Å²) in [6.07, 6.45) is 1.03. The van der Waals surface area contributed by atoms with Crippen molar-refractivity contribution in [3.8, 4) is 5.75 Å². The van der Waals surface area contributed by atoms with Gasteiger partial charge >= 0.3 is 6.09 Å². The van der Waals surface area contributed by atoms with E-state index in [1.165, 1.54) is 4.90 Å². The van der Waals surface area contributed by atoms with Crippen LogP contribution in [0.5, 0.6) is 5.75 Å². The highest BCUT2D eigenvalue weighted by Crippen LogP contribution is 2.48. The van der Waals surface area contributed by atoms with Crippen LogP contribution in [0.2, 0.25) is 5.02 Å². The number of aliphatic hydroxyl groups is 1. The monoisotopic (exact) mass is 353 g/mol. The van der Waals surface area contributed by atoms with Gasteiger partial charge in [0, 0.05) is 30.0 Å². The molecular weight excluding hydrogens is 334 g/mol. The molecule has 6 nitrogen and oxygen atoms in total. The van der Waals surface area contributed by atoms with Crippen LogP contribution in [0.25, 0.3) is 0 Å². The van der Waals surface area contributed by atoms with E-state index in [4.69, 9.17) is 25.8 Å². The molecule has 7 heteroatoms. The van der Waals surface area contributed by atoms with Gasteiger partial charge in [0.25, 0.3) is 0 Å². The molecule has 1 aliphatic carbocycles. The molecule has 1 aromatic rings. The van der Waals surface area contributed by atoms with Crippen LogP contribution >= 0.6 is 11.6 Å². The van der Waals surface area contributed by atoms with E-state index in [0.29, 0.717) is 30.4 Å². The van der Waals surface area contributed by atoms with Crippen molar-refractivity contribution in [2.24, 2.45) is 5.92 Å². The van der Waals surface area contributed by atoms with Crippen LogP contribution < -0.4 is 4.74 Å². The van der Waals surface area contributed by atoms with E-state index in [1.54, 1.807) is 25.2 Å². The minimum absolute atomic E-state index is 0.216. The number of aliphatic hydroxyl groups excluding tert-OH is 1. The Morgan fingerprint density at radius 1 is 1.33 bits per heavy atom. The maximum absolute atomic E-state index is 12.2. The summed E-state index contributed by atoms with van der Waals surface area (Å²) in [7, 11) is 1.68. The number of hydrogen-bond donors (Lipinski definition) is 1. The number of hydrogen-bond acceptors (Lipinski definition) is 5. The van der Waals surface area contributed by atoms with Crippen LogP contribution in [0.4, 0.5) is 4.79 Å². The van der Waals surface area contributed by atoms with Crippen molar-refractivity contribution in [1.29, 1.82) is 0 Å². The molecule has 2 aliphatic heterocycles. The Morgan fingerprint density at radius 2 is 2.08 bits per heavy atom. The van der Waals surface area contributed by atoms with Gasteiger partial charge < -0.3 is 24.2 Å². The first kappa shape index (κ1) is 16.1. The fraction of sp³-hybridized carbons (Fsp3) is 0.588. The van der Waals surface area contributed by atoms with Gasteiger partial charge in [-0.25, -0.2) is 4.79 Å². The van der Waals surface area contributed by atoms with Gasteiger partial charge in [-0.1, -0.05) is 11.6 Å². The molecule has 2 heterocycles. The number of carbonyl (C=O) groups is 1. The zero-order chi connectivity index (χ0) is 16.9. The molecule has 1 N–H and O–H groups in total. The van der Waals surface area contributed by atoms with Gasteiger partial charge in [-0.3, -0.25) is 0 Å². The molecule has 1 saturated heterocycles. The Balaban J connectivity index is 1.74. The van der Waals surface area contributed by atoms with Gasteiger partial charge in [0.05, 0.1) is 19.3 Å². The minimum Gasteiger partial charge on any atom is -0.410 e. The van der Waals surface area contributed by atoms with Crippen molar-refractivity contribution >= 4 is 17.7 Å². The van der Waals surface area contributed by atoms with Gasteiger partial charge in [-0.2, -0.15) is 0 Å². The number of rotatable bonds is 1. The van der Waals surface area contributed by atoms with E-state index >= 15 is 0 Å². The SMILES string of the molecule is CN1C(=O)Oc2ccc(Cl)cc2C1C1CCCC2(OCCO2)C1O. The number of carbonyl (C=O) groups excluding carboxylic acids is 1. The highest BCUT2D eigenvalue weighted by molar-refractivity contribution is 6.30. The van der Waals surface area contributed by atoms with E-state index < -0.39 is 18.0 Å². The van der Waals surface area contributed by atoms with Gasteiger partial charge in [0.15, 0.2) is 5.79 Å². The molecule has 4 rings (SSSR count). The van der Waals surface area contributed by atoms with Gasteiger partial charge in [-0.15, -0.1) is 0 Å². The first-order chi connectivity index (χ1) is 11.5. The molecular formula is C17H20ClNO5. The number of fused-ring (bicyclic) bond motifs is 1. The van der Waals surface area contributed by atoms with E-state index in [1.807, 2.05) is 0 Å². The molecule has 24 heavy (non-hydrogen) atoms. The average Bonchev–Trinajstić information content (AvgIpc) is 3.02. The lowest BCUT2D eigenvalue weighted by Gasteiger charge is -2.47. The van der Waals surface area contributed by atoms with Crippen molar-refractivity contribution in [2.45, 2.75) is 37.2 Å². The van der Waals surface area contributed by atoms with Gasteiger partial charge in [0.2, 0.25) is 0 Å². The van der Waals surface area contributed by atoms with Gasteiger partial charge in [-0.05, 0) is 31.0 Å². The van der Waals surface area contributed by atoms with Crippen LogP contribution in [0.1, 0.15) is 30.9 Å². The molecule has 3 aliphatic rings. The van der Waals surface area contributed by atoms with Crippen molar-refractivity contribution in [1.82, 2.24) is 4.90 Å². The summed E-state index contributed by atoms with van der Waals surface area (Å²) in [5.41, 5.74) is 0.809. The lowest BCUT2D eigenvalue weighted by Crippen LogP contribution is -2.55. The predicted octanol–water partition coefficient (Wildman–Crippen LogP) is 2.73. The van der Waals surface area contributed by atoms with Crippen LogP contribution in [0, 0.1) is 5.92 Å². The second-order valence-electron chi connectivity index (χ2n) is 6.62. The molecule has 3 atom stereocenters. The molecule has 1 saturated carbocycles. The second kappa shape index (κ2) is 5.88. The zero-order valence-corrected chi connectivity index (χ0v) is 14.2.